The van der Waals surface area contributed by atoms with E-state index in [4.69, 9.17) is 16.3 Å². The van der Waals surface area contributed by atoms with Gasteiger partial charge in [0.2, 0.25) is 5.91 Å². The van der Waals surface area contributed by atoms with Crippen LogP contribution in [0.1, 0.15) is 19.3 Å². The Bertz CT molecular complexity index is 1180. The lowest BCUT2D eigenvalue weighted by atomic mass is 10.1. The molecule has 12 heteroatoms. The molecule has 1 aromatic carbocycles. The maximum Gasteiger partial charge on any atom is 0.325 e. The molecule has 1 aromatic heterocycles. The van der Waals surface area contributed by atoms with E-state index in [2.05, 4.69) is 4.99 Å². The number of piperidine rings is 1. The van der Waals surface area contributed by atoms with E-state index in [-0.39, 0.29) is 11.3 Å². The van der Waals surface area contributed by atoms with E-state index in [1.54, 1.807) is 18.2 Å². The molecule has 0 saturated carbocycles. The number of nitrogens with zero attached hydrogens (tertiary/aromatic N) is 3. The molecule has 9 nitrogen and oxygen atoms in total. The van der Waals surface area contributed by atoms with Crippen molar-refractivity contribution in [2.75, 3.05) is 31.7 Å². The fourth-order valence-electron chi connectivity index (χ4n) is 3.28. The van der Waals surface area contributed by atoms with Crippen molar-refractivity contribution < 1.29 is 27.5 Å². The van der Waals surface area contributed by atoms with Crippen LogP contribution in [0.25, 0.3) is 10.2 Å². The molecule has 31 heavy (non-hydrogen) atoms. The first kappa shape index (κ1) is 23.4. The first-order valence-corrected chi connectivity index (χ1v) is 12.6. The van der Waals surface area contributed by atoms with Crippen molar-refractivity contribution in [2.45, 2.75) is 25.8 Å². The molecule has 0 spiro atoms. The molecule has 0 aliphatic carbocycles. The second-order valence-electron chi connectivity index (χ2n) is 7.14. The number of carbonyl (C=O) groups is 3. The van der Waals surface area contributed by atoms with Gasteiger partial charge >= 0.3 is 5.97 Å². The highest BCUT2D eigenvalue weighted by Gasteiger charge is 2.25. The number of fused-ring (bicyclic) bond motifs is 1. The van der Waals surface area contributed by atoms with Gasteiger partial charge in [-0.15, -0.1) is 0 Å². The normalized spacial score (nSPS) is 15.3. The largest absolute Gasteiger partial charge is 0.468 e. The number of thiazole rings is 1. The zero-order chi connectivity index (χ0) is 22.6. The van der Waals surface area contributed by atoms with Gasteiger partial charge in [0.1, 0.15) is 18.1 Å². The van der Waals surface area contributed by atoms with Crippen LogP contribution in [0.4, 0.5) is 0 Å². The zero-order valence-corrected chi connectivity index (χ0v) is 19.3. The first-order chi connectivity index (χ1) is 14.7. The van der Waals surface area contributed by atoms with Gasteiger partial charge in [-0.05, 0) is 37.5 Å². The van der Waals surface area contributed by atoms with E-state index in [0.29, 0.717) is 28.3 Å². The Morgan fingerprint density at radius 3 is 2.55 bits per heavy atom. The number of ether oxygens (including phenoxy) is 1. The maximum absolute atomic E-state index is 12.4. The highest BCUT2D eigenvalue weighted by Crippen LogP contribution is 2.22. The van der Waals surface area contributed by atoms with E-state index in [9.17, 15) is 22.8 Å². The number of benzene rings is 1. The Morgan fingerprint density at radius 2 is 1.87 bits per heavy atom. The van der Waals surface area contributed by atoms with Gasteiger partial charge in [-0.2, -0.15) is 4.99 Å². The van der Waals surface area contributed by atoms with Gasteiger partial charge in [0.15, 0.2) is 14.6 Å². The summed E-state index contributed by atoms with van der Waals surface area (Å²) in [5.41, 5.74) is 0.606. The monoisotopic (exact) mass is 487 g/mol. The Labute approximate surface area is 188 Å². The van der Waals surface area contributed by atoms with Crippen LogP contribution in [-0.2, 0) is 35.5 Å². The Kier molecular flexibility index (Phi) is 7.50. The molecule has 2 amide bonds. The number of esters is 1. The van der Waals surface area contributed by atoms with E-state index in [0.717, 1.165) is 30.6 Å². The number of rotatable bonds is 6. The van der Waals surface area contributed by atoms with Crippen LogP contribution in [0.5, 0.6) is 0 Å². The number of hydrogen-bond donors (Lipinski definition) is 0. The van der Waals surface area contributed by atoms with Crippen molar-refractivity contribution in [3.8, 4) is 0 Å². The summed E-state index contributed by atoms with van der Waals surface area (Å²) in [5, 5.41) is 0.468. The van der Waals surface area contributed by atoms with Crippen molar-refractivity contribution in [1.29, 1.82) is 0 Å². The van der Waals surface area contributed by atoms with Gasteiger partial charge < -0.3 is 14.2 Å². The Morgan fingerprint density at radius 1 is 1.16 bits per heavy atom. The summed E-state index contributed by atoms with van der Waals surface area (Å²) < 4.78 is 31.6. The van der Waals surface area contributed by atoms with E-state index in [1.165, 1.54) is 16.6 Å². The second-order valence-corrected chi connectivity index (χ2v) is 10.6. The van der Waals surface area contributed by atoms with Crippen LogP contribution in [0, 0.1) is 0 Å². The highest BCUT2D eigenvalue weighted by atomic mass is 35.5. The lowest BCUT2D eigenvalue weighted by Gasteiger charge is -2.26. The summed E-state index contributed by atoms with van der Waals surface area (Å²) in [5.74, 6) is -3.58. The molecule has 2 aromatic rings. The zero-order valence-electron chi connectivity index (χ0n) is 16.9. The van der Waals surface area contributed by atoms with Gasteiger partial charge in [-0.25, -0.2) is 8.42 Å². The standard InChI is InChI=1S/C19H22ClN3O6S2/c1-29-18(26)10-23-14-6-5-13(20)9-15(14)30-19(23)21-16(24)11-31(27,28)12-17(25)22-7-3-2-4-8-22/h5-6,9H,2-4,7-8,10-12H2,1H3. The van der Waals surface area contributed by atoms with Crippen molar-refractivity contribution >= 4 is 60.8 Å². The van der Waals surface area contributed by atoms with Gasteiger partial charge in [-0.3, -0.25) is 14.4 Å². The number of halogens is 1. The van der Waals surface area contributed by atoms with Gasteiger partial charge in [-0.1, -0.05) is 22.9 Å². The van der Waals surface area contributed by atoms with Crippen LogP contribution < -0.4 is 4.80 Å². The van der Waals surface area contributed by atoms with Crippen molar-refractivity contribution in [3.05, 3.63) is 28.0 Å². The van der Waals surface area contributed by atoms with Gasteiger partial charge in [0.25, 0.3) is 5.91 Å². The van der Waals surface area contributed by atoms with Crippen LogP contribution in [0.3, 0.4) is 0 Å². The minimum atomic E-state index is -3.98. The fraction of sp³-hybridized carbons (Fsp3) is 0.474. The third-order valence-corrected chi connectivity index (χ3v) is 7.43. The van der Waals surface area contributed by atoms with Crippen LogP contribution >= 0.6 is 22.9 Å². The third-order valence-electron chi connectivity index (χ3n) is 4.78. The minimum absolute atomic E-state index is 0.144. The minimum Gasteiger partial charge on any atom is -0.468 e. The summed E-state index contributed by atoms with van der Waals surface area (Å²) in [4.78, 5) is 42.0. The van der Waals surface area contributed by atoms with E-state index in [1.807, 2.05) is 0 Å². The molecule has 0 radical (unpaired) electrons. The number of amides is 2. The average molecular weight is 488 g/mol. The molecule has 0 N–H and O–H groups in total. The number of sulfone groups is 1. The van der Waals surface area contributed by atoms with Gasteiger partial charge in [0.05, 0.1) is 17.3 Å². The predicted molar refractivity (Wildman–Crippen MR) is 116 cm³/mol. The van der Waals surface area contributed by atoms with Crippen LogP contribution in [0.15, 0.2) is 23.2 Å². The predicted octanol–water partition coefficient (Wildman–Crippen LogP) is 1.38. The van der Waals surface area contributed by atoms with Crippen molar-refractivity contribution in [1.82, 2.24) is 9.47 Å². The highest BCUT2D eigenvalue weighted by molar-refractivity contribution is 7.92. The molecule has 3 rings (SSSR count). The molecule has 2 heterocycles. The number of methoxy groups -OCH3 is 1. The topological polar surface area (TPSA) is 115 Å². The number of carbonyl (C=O) groups excluding carboxylic acids is 3. The average Bonchev–Trinajstić information content (AvgIpc) is 3.03. The summed E-state index contributed by atoms with van der Waals surface area (Å²) in [7, 11) is -2.74. The third kappa shape index (κ3) is 6.14. The van der Waals surface area contributed by atoms with Crippen molar-refractivity contribution in [3.63, 3.8) is 0 Å². The second kappa shape index (κ2) is 9.92. The summed E-state index contributed by atoms with van der Waals surface area (Å²) in [6.45, 7) is 0.861. The summed E-state index contributed by atoms with van der Waals surface area (Å²) in [6, 6.07) is 4.97. The molecule has 1 saturated heterocycles. The molecular weight excluding hydrogens is 466 g/mol. The molecule has 1 aliphatic rings. The Balaban J connectivity index is 1.83. The molecular formula is C19H22ClN3O6S2. The van der Waals surface area contributed by atoms with Crippen LogP contribution in [-0.4, -0.2) is 67.4 Å². The molecule has 168 valence electrons. The van der Waals surface area contributed by atoms with Crippen LogP contribution in [0.2, 0.25) is 5.02 Å². The quantitative estimate of drug-likeness (QED) is 0.568. The van der Waals surface area contributed by atoms with E-state index < -0.39 is 39.1 Å². The lowest BCUT2D eigenvalue weighted by molar-refractivity contribution is -0.141. The first-order valence-electron chi connectivity index (χ1n) is 9.60. The maximum atomic E-state index is 12.4. The van der Waals surface area contributed by atoms with Gasteiger partial charge in [0, 0.05) is 18.1 Å². The summed E-state index contributed by atoms with van der Waals surface area (Å²) >= 11 is 7.11. The van der Waals surface area contributed by atoms with E-state index >= 15 is 0 Å². The summed E-state index contributed by atoms with van der Waals surface area (Å²) in [6.07, 6.45) is 2.70. The molecule has 0 unspecified atom stereocenters. The molecule has 1 fully saturated rings. The smallest absolute Gasteiger partial charge is 0.325 e. The Hall–Kier alpha value is -2.24. The lowest BCUT2D eigenvalue weighted by Crippen LogP contribution is -2.40. The number of aromatic nitrogens is 1. The number of likely N-dealkylation sites (tertiary alicyclic amines) is 1. The fourth-order valence-corrected chi connectivity index (χ4v) is 5.70. The molecule has 0 atom stereocenters. The molecule has 1 aliphatic heterocycles. The number of hydrogen-bond acceptors (Lipinski definition) is 7. The van der Waals surface area contributed by atoms with Crippen molar-refractivity contribution in [2.24, 2.45) is 4.99 Å². The SMILES string of the molecule is COC(=O)Cn1c(=NC(=O)CS(=O)(=O)CC(=O)N2CCCCC2)sc2cc(Cl)ccc21. The molecule has 0 bridgehead atoms.